The Morgan fingerprint density at radius 2 is 1.57 bits per heavy atom. The monoisotopic (exact) mass is 582 g/mol. The zero-order valence-corrected chi connectivity index (χ0v) is 24.9. The van der Waals surface area contributed by atoms with Crippen molar-refractivity contribution in [1.29, 1.82) is 0 Å². The predicted octanol–water partition coefficient (Wildman–Crippen LogP) is 5.42. The van der Waals surface area contributed by atoms with Gasteiger partial charge in [-0.1, -0.05) is 86.6 Å². The van der Waals surface area contributed by atoms with Gasteiger partial charge in [-0.15, -0.1) is 11.3 Å². The first-order valence-corrected chi connectivity index (χ1v) is 14.8. The van der Waals surface area contributed by atoms with Gasteiger partial charge >= 0.3 is 0 Å². The van der Waals surface area contributed by atoms with E-state index in [9.17, 15) is 19.5 Å². The van der Waals surface area contributed by atoms with Crippen LogP contribution in [-0.2, 0) is 20.8 Å². The van der Waals surface area contributed by atoms with E-state index in [1.807, 2.05) is 98.8 Å². The van der Waals surface area contributed by atoms with Crippen LogP contribution >= 0.6 is 11.3 Å². The molecule has 1 aromatic heterocycles. The number of aliphatic hydroxyl groups excluding tert-OH is 1. The lowest BCUT2D eigenvalue weighted by molar-refractivity contribution is -0.170. The van der Waals surface area contributed by atoms with Crippen molar-refractivity contribution < 1.29 is 19.5 Å². The topological polar surface area (TPSA) is 94.1 Å². The highest BCUT2D eigenvalue weighted by atomic mass is 32.1. The highest BCUT2D eigenvalue weighted by Crippen LogP contribution is 2.37. The molecule has 3 aromatic carbocycles. The van der Waals surface area contributed by atoms with Crippen LogP contribution in [0.4, 0.5) is 0 Å². The molecule has 1 aliphatic heterocycles. The summed E-state index contributed by atoms with van der Waals surface area (Å²) in [6.07, 6.45) is 0.690. The van der Waals surface area contributed by atoms with Crippen molar-refractivity contribution in [2.24, 2.45) is 5.92 Å². The molecule has 0 fully saturated rings. The average molecular weight is 583 g/mol. The molecule has 3 atom stereocenters. The molecule has 1 aliphatic rings. The van der Waals surface area contributed by atoms with Gasteiger partial charge in [-0.05, 0) is 30.0 Å². The van der Waals surface area contributed by atoms with Crippen molar-refractivity contribution in [3.63, 3.8) is 0 Å². The molecule has 2 unspecified atom stereocenters. The van der Waals surface area contributed by atoms with Crippen LogP contribution in [0.25, 0.3) is 15.9 Å². The average Bonchev–Trinajstić information content (AvgIpc) is 3.42. The first-order chi connectivity index (χ1) is 20.2. The molecule has 0 spiro atoms. The van der Waals surface area contributed by atoms with E-state index < -0.39 is 30.0 Å². The lowest BCUT2D eigenvalue weighted by Crippen LogP contribution is -2.63. The number of carbonyl (C=O) groups excluding carboxylic acids is 3. The van der Waals surface area contributed by atoms with Crippen LogP contribution in [0, 0.1) is 5.92 Å². The van der Waals surface area contributed by atoms with Crippen molar-refractivity contribution in [3.8, 4) is 0 Å². The maximum absolute atomic E-state index is 14.5. The molecule has 42 heavy (non-hydrogen) atoms. The molecule has 1 N–H and O–H groups in total. The zero-order valence-electron chi connectivity index (χ0n) is 24.0. The van der Waals surface area contributed by atoms with Gasteiger partial charge in [0.05, 0.1) is 22.0 Å². The molecule has 0 aliphatic carbocycles. The maximum Gasteiger partial charge on any atom is 0.269 e. The summed E-state index contributed by atoms with van der Waals surface area (Å²) in [7, 11) is 0. The van der Waals surface area contributed by atoms with Crippen LogP contribution in [0.3, 0.4) is 0 Å². The Morgan fingerprint density at radius 1 is 0.952 bits per heavy atom. The van der Waals surface area contributed by atoms with Crippen molar-refractivity contribution >= 4 is 45.0 Å². The van der Waals surface area contributed by atoms with Crippen LogP contribution in [0.5, 0.6) is 0 Å². The van der Waals surface area contributed by atoms with E-state index in [1.54, 1.807) is 6.20 Å². The number of benzene rings is 3. The highest BCUT2D eigenvalue weighted by Gasteiger charge is 2.46. The van der Waals surface area contributed by atoms with E-state index in [0.717, 1.165) is 15.8 Å². The van der Waals surface area contributed by atoms with Crippen molar-refractivity contribution in [1.82, 2.24) is 19.9 Å². The third kappa shape index (κ3) is 5.70. The summed E-state index contributed by atoms with van der Waals surface area (Å²) in [5, 5.41) is 15.2. The molecule has 0 radical (unpaired) electrons. The first kappa shape index (κ1) is 29.2. The molecule has 0 bridgehead atoms. The Bertz CT molecular complexity index is 1590. The number of rotatable bonds is 8. The van der Waals surface area contributed by atoms with E-state index in [-0.39, 0.29) is 18.2 Å². The molecule has 0 saturated heterocycles. The minimum absolute atomic E-state index is 0.243. The minimum Gasteiger partial charge on any atom is -0.384 e. The van der Waals surface area contributed by atoms with Gasteiger partial charge in [0.2, 0.25) is 11.8 Å². The van der Waals surface area contributed by atoms with E-state index >= 15 is 0 Å². The summed E-state index contributed by atoms with van der Waals surface area (Å²) in [6, 6.07) is 24.6. The Kier molecular flexibility index (Phi) is 8.51. The third-order valence-corrected chi connectivity index (χ3v) is 8.49. The van der Waals surface area contributed by atoms with Gasteiger partial charge in [0.15, 0.2) is 0 Å². The van der Waals surface area contributed by atoms with E-state index in [2.05, 4.69) is 0 Å². The second-order valence-electron chi connectivity index (χ2n) is 10.7. The number of hydrazine groups is 1. The Morgan fingerprint density at radius 3 is 2.17 bits per heavy atom. The summed E-state index contributed by atoms with van der Waals surface area (Å²) in [6.45, 7) is 6.55. The Balaban J connectivity index is 1.70. The number of aromatic nitrogens is 1. The molecule has 3 amide bonds. The number of nitrogens with zero attached hydrogens (tertiary/aromatic N) is 4. The summed E-state index contributed by atoms with van der Waals surface area (Å²) in [5.41, 5.74) is 2.66. The van der Waals surface area contributed by atoms with Gasteiger partial charge in [0.25, 0.3) is 5.91 Å². The number of aliphatic hydroxyl groups is 1. The second-order valence-corrected chi connectivity index (χ2v) is 11.8. The standard InChI is InChI=1S/C33H34N4O4S/c1-21(2)30-33(41)37(28(20-35(30)22(3)38)25-15-9-6-10-16-25)36(23(4)39)27(19-24-13-7-5-8-14-24)31(40)32-34-26-17-11-12-18-29(26)42-32/h5-18,20-21,27,30-31,40H,19H2,1-4H3/t27-,30?,31?/m0/s1. The molecule has 9 heteroatoms. The third-order valence-electron chi connectivity index (χ3n) is 7.38. The van der Waals surface area contributed by atoms with Gasteiger partial charge in [-0.2, -0.15) is 0 Å². The second kappa shape index (κ2) is 12.3. The van der Waals surface area contributed by atoms with Crippen molar-refractivity contribution in [2.45, 2.75) is 52.3 Å². The van der Waals surface area contributed by atoms with Crippen LogP contribution in [-0.4, -0.2) is 54.8 Å². The predicted molar refractivity (Wildman–Crippen MR) is 163 cm³/mol. The van der Waals surface area contributed by atoms with Gasteiger partial charge in [0.1, 0.15) is 17.2 Å². The summed E-state index contributed by atoms with van der Waals surface area (Å²) < 4.78 is 0.912. The number of hydrogen-bond acceptors (Lipinski definition) is 6. The number of thiazole rings is 1. The fourth-order valence-corrected chi connectivity index (χ4v) is 6.45. The lowest BCUT2D eigenvalue weighted by Gasteiger charge is -2.47. The molecular weight excluding hydrogens is 548 g/mol. The molecule has 5 rings (SSSR count). The van der Waals surface area contributed by atoms with Crippen molar-refractivity contribution in [2.75, 3.05) is 0 Å². The molecular formula is C33H34N4O4S. The van der Waals surface area contributed by atoms with Crippen molar-refractivity contribution in [3.05, 3.63) is 107 Å². The smallest absolute Gasteiger partial charge is 0.269 e. The molecule has 216 valence electrons. The van der Waals surface area contributed by atoms with Crippen LogP contribution in [0.15, 0.2) is 91.1 Å². The Labute approximate surface area is 249 Å². The normalized spacial score (nSPS) is 16.9. The summed E-state index contributed by atoms with van der Waals surface area (Å²) in [4.78, 5) is 47.1. The largest absolute Gasteiger partial charge is 0.384 e. The van der Waals surface area contributed by atoms with Crippen LogP contribution in [0.1, 0.15) is 49.9 Å². The van der Waals surface area contributed by atoms with E-state index in [1.165, 1.54) is 40.1 Å². The first-order valence-electron chi connectivity index (χ1n) is 13.9. The number of hydrogen-bond donors (Lipinski definition) is 1. The molecule has 4 aromatic rings. The summed E-state index contributed by atoms with van der Waals surface area (Å²) in [5.74, 6) is -1.37. The zero-order chi connectivity index (χ0) is 30.0. The van der Waals surface area contributed by atoms with Crippen LogP contribution in [0.2, 0.25) is 0 Å². The number of fused-ring (bicyclic) bond motifs is 1. The summed E-state index contributed by atoms with van der Waals surface area (Å²) >= 11 is 1.36. The van der Waals surface area contributed by atoms with E-state index in [0.29, 0.717) is 16.3 Å². The molecule has 0 saturated carbocycles. The van der Waals surface area contributed by atoms with Gasteiger partial charge < -0.3 is 10.0 Å². The number of amides is 3. The fourth-order valence-electron chi connectivity index (χ4n) is 5.44. The quantitative estimate of drug-likeness (QED) is 0.300. The van der Waals surface area contributed by atoms with Gasteiger partial charge in [-0.25, -0.2) is 15.0 Å². The Hall–Kier alpha value is -4.34. The minimum atomic E-state index is -1.21. The van der Waals surface area contributed by atoms with Gasteiger partial charge in [-0.3, -0.25) is 14.4 Å². The number of para-hydroxylation sites is 1. The fraction of sp³-hybridized carbons (Fsp3) is 0.273. The maximum atomic E-state index is 14.5. The lowest BCUT2D eigenvalue weighted by atomic mass is 9.96. The SMILES string of the molecule is CC(=O)N1C=C(c2ccccc2)N(N(C(C)=O)[C@@H](Cc2ccccc2)C(O)c2nc3ccccc3s2)C(=O)C1C(C)C. The highest BCUT2D eigenvalue weighted by molar-refractivity contribution is 7.18. The number of carbonyl (C=O) groups is 3. The van der Waals surface area contributed by atoms with Gasteiger partial charge in [0, 0.05) is 25.6 Å². The van der Waals surface area contributed by atoms with E-state index in [4.69, 9.17) is 4.98 Å². The molecule has 8 nitrogen and oxygen atoms in total. The molecule has 2 heterocycles. The van der Waals surface area contributed by atoms with Crippen LogP contribution < -0.4 is 0 Å².